The second kappa shape index (κ2) is 11.1. The first kappa shape index (κ1) is 22.2. The number of nitrogens with zero attached hydrogens (tertiary/aromatic N) is 1. The van der Waals surface area contributed by atoms with Crippen LogP contribution in [0.15, 0.2) is 35.3 Å². The molecule has 1 heterocycles. The summed E-state index contributed by atoms with van der Waals surface area (Å²) < 4.78 is 0. The molecule has 0 radical (unpaired) electrons. The van der Waals surface area contributed by atoms with Gasteiger partial charge in [0.2, 0.25) is 5.91 Å². The van der Waals surface area contributed by atoms with E-state index < -0.39 is 0 Å². The summed E-state index contributed by atoms with van der Waals surface area (Å²) in [5.41, 5.74) is 1.24. The van der Waals surface area contributed by atoms with Gasteiger partial charge in [-0.2, -0.15) is 0 Å². The lowest BCUT2D eigenvalue weighted by molar-refractivity contribution is -0.122. The molecule has 0 saturated carbocycles. The van der Waals surface area contributed by atoms with Crippen LogP contribution < -0.4 is 21.3 Å². The van der Waals surface area contributed by atoms with Crippen LogP contribution in [-0.2, 0) is 4.79 Å². The Bertz CT molecular complexity index is 617. The zero-order valence-corrected chi connectivity index (χ0v) is 17.8. The minimum Gasteiger partial charge on any atom is -0.357 e. The van der Waals surface area contributed by atoms with Crippen LogP contribution in [-0.4, -0.2) is 43.1 Å². The van der Waals surface area contributed by atoms with Gasteiger partial charge in [0.15, 0.2) is 5.96 Å². The number of nitrogens with one attached hydrogen (secondary N) is 4. The van der Waals surface area contributed by atoms with E-state index in [2.05, 4.69) is 79.3 Å². The highest BCUT2D eigenvalue weighted by molar-refractivity contribution is 5.81. The molecule has 1 saturated heterocycles. The fourth-order valence-electron chi connectivity index (χ4n) is 3.61. The molecule has 2 rings (SSSR count). The first-order valence-electron chi connectivity index (χ1n) is 10.7. The van der Waals surface area contributed by atoms with Crippen LogP contribution in [0, 0.1) is 0 Å². The number of rotatable bonds is 9. The Morgan fingerprint density at radius 1 is 1.25 bits per heavy atom. The van der Waals surface area contributed by atoms with Crippen LogP contribution in [0.3, 0.4) is 0 Å². The van der Waals surface area contributed by atoms with Crippen LogP contribution in [0.25, 0.3) is 0 Å². The van der Waals surface area contributed by atoms with Crippen molar-refractivity contribution in [1.29, 1.82) is 0 Å². The minimum atomic E-state index is -0.0572. The summed E-state index contributed by atoms with van der Waals surface area (Å²) >= 11 is 0. The molecular weight excluding hydrogens is 350 g/mol. The molecule has 1 aromatic carbocycles. The van der Waals surface area contributed by atoms with E-state index in [-0.39, 0.29) is 23.5 Å². The number of piperidine rings is 1. The van der Waals surface area contributed by atoms with Gasteiger partial charge in [-0.3, -0.25) is 9.79 Å². The van der Waals surface area contributed by atoms with E-state index in [1.54, 1.807) is 0 Å². The molecule has 1 aliphatic heterocycles. The van der Waals surface area contributed by atoms with Crippen molar-refractivity contribution in [3.8, 4) is 0 Å². The van der Waals surface area contributed by atoms with Gasteiger partial charge in [0.1, 0.15) is 0 Å². The van der Waals surface area contributed by atoms with E-state index >= 15 is 0 Å². The van der Waals surface area contributed by atoms with Crippen molar-refractivity contribution in [1.82, 2.24) is 21.3 Å². The number of hydrogen-bond donors (Lipinski definition) is 4. The predicted molar refractivity (Wildman–Crippen MR) is 116 cm³/mol. The minimum absolute atomic E-state index is 0.0572. The third-order valence-corrected chi connectivity index (χ3v) is 5.67. The highest BCUT2D eigenvalue weighted by atomic mass is 16.1. The zero-order chi connectivity index (χ0) is 20.4. The van der Waals surface area contributed by atoms with E-state index in [9.17, 15) is 4.79 Å². The van der Waals surface area contributed by atoms with Gasteiger partial charge in [-0.25, -0.2) is 0 Å². The topological polar surface area (TPSA) is 77.6 Å². The van der Waals surface area contributed by atoms with Gasteiger partial charge in [0.05, 0.1) is 6.54 Å². The van der Waals surface area contributed by atoms with Gasteiger partial charge in [0.25, 0.3) is 0 Å². The summed E-state index contributed by atoms with van der Waals surface area (Å²) in [5.74, 6) is 0.958. The molecule has 4 N–H and O–H groups in total. The number of hydrogen-bond acceptors (Lipinski definition) is 3. The number of carbonyl (C=O) groups excluding carboxylic acids is 1. The number of carbonyl (C=O) groups is 1. The summed E-state index contributed by atoms with van der Waals surface area (Å²) in [5, 5.41) is 13.6. The van der Waals surface area contributed by atoms with Crippen molar-refractivity contribution in [2.75, 3.05) is 19.6 Å². The fraction of sp³-hybridized carbons (Fsp3) is 0.636. The maximum absolute atomic E-state index is 11.4. The number of benzene rings is 1. The first-order valence-corrected chi connectivity index (χ1v) is 10.7. The third kappa shape index (κ3) is 6.51. The standard InChI is InChI=1S/C22H37N5O/c1-5-22(6-2,27-17(4)18-11-9-8-10-12-18)16-25-21(23-7-3)26-19-13-14-20(28)24-15-19/h8-12,17,19,27H,5-7,13-16H2,1-4H3,(H,24,28)(H2,23,25,26). The van der Waals surface area contributed by atoms with E-state index in [0.717, 1.165) is 31.8 Å². The first-order chi connectivity index (χ1) is 13.5. The number of guanidine groups is 1. The Labute approximate surface area is 170 Å². The highest BCUT2D eigenvalue weighted by Crippen LogP contribution is 2.22. The molecule has 0 bridgehead atoms. The van der Waals surface area contributed by atoms with Gasteiger partial charge in [0, 0.05) is 37.1 Å². The van der Waals surface area contributed by atoms with Crippen molar-refractivity contribution in [3.63, 3.8) is 0 Å². The Morgan fingerprint density at radius 2 is 1.96 bits per heavy atom. The molecule has 0 aliphatic carbocycles. The Balaban J connectivity index is 2.05. The van der Waals surface area contributed by atoms with E-state index in [0.29, 0.717) is 19.5 Å². The fourth-order valence-corrected chi connectivity index (χ4v) is 3.61. The summed E-state index contributed by atoms with van der Waals surface area (Å²) in [6.45, 7) is 10.9. The van der Waals surface area contributed by atoms with Gasteiger partial charge in [-0.05, 0) is 38.7 Å². The lowest BCUT2D eigenvalue weighted by atomic mass is 9.90. The normalized spacial score (nSPS) is 19.1. The molecule has 1 aromatic rings. The monoisotopic (exact) mass is 387 g/mol. The smallest absolute Gasteiger partial charge is 0.220 e. The Hall–Kier alpha value is -2.08. The van der Waals surface area contributed by atoms with Crippen LogP contribution >= 0.6 is 0 Å². The molecule has 0 spiro atoms. The summed E-state index contributed by atoms with van der Waals surface area (Å²) in [7, 11) is 0. The second-order valence-electron chi connectivity index (χ2n) is 7.64. The van der Waals surface area contributed by atoms with Crippen molar-refractivity contribution in [2.45, 2.75) is 71.0 Å². The van der Waals surface area contributed by atoms with Crippen LogP contribution in [0.5, 0.6) is 0 Å². The molecule has 0 aromatic heterocycles. The summed E-state index contributed by atoms with van der Waals surface area (Å²) in [6, 6.07) is 11.0. The Kier molecular flexibility index (Phi) is 8.77. The van der Waals surface area contributed by atoms with Crippen molar-refractivity contribution in [3.05, 3.63) is 35.9 Å². The van der Waals surface area contributed by atoms with Gasteiger partial charge in [-0.1, -0.05) is 44.2 Å². The highest BCUT2D eigenvalue weighted by Gasteiger charge is 2.28. The zero-order valence-electron chi connectivity index (χ0n) is 17.8. The number of aliphatic imine (C=N–C) groups is 1. The molecule has 1 aliphatic rings. The van der Waals surface area contributed by atoms with Crippen LogP contribution in [0.4, 0.5) is 0 Å². The average molecular weight is 388 g/mol. The molecule has 2 unspecified atom stereocenters. The van der Waals surface area contributed by atoms with E-state index in [1.165, 1.54) is 5.56 Å². The SMILES string of the molecule is CCNC(=NCC(CC)(CC)NC(C)c1ccccc1)NC1CCC(=O)NC1. The summed E-state index contributed by atoms with van der Waals surface area (Å²) in [4.78, 5) is 16.3. The van der Waals surface area contributed by atoms with Crippen molar-refractivity contribution < 1.29 is 4.79 Å². The molecule has 6 nitrogen and oxygen atoms in total. The quantitative estimate of drug-likeness (QED) is 0.388. The lowest BCUT2D eigenvalue weighted by Gasteiger charge is -2.35. The maximum Gasteiger partial charge on any atom is 0.220 e. The largest absolute Gasteiger partial charge is 0.357 e. The van der Waals surface area contributed by atoms with Crippen LogP contribution in [0.1, 0.15) is 65.0 Å². The van der Waals surface area contributed by atoms with Crippen molar-refractivity contribution in [2.24, 2.45) is 4.99 Å². The van der Waals surface area contributed by atoms with Gasteiger partial charge in [-0.15, -0.1) is 0 Å². The summed E-state index contributed by atoms with van der Waals surface area (Å²) in [6.07, 6.45) is 3.42. The molecule has 1 fully saturated rings. The molecule has 156 valence electrons. The molecule has 6 heteroatoms. The second-order valence-corrected chi connectivity index (χ2v) is 7.64. The van der Waals surface area contributed by atoms with E-state index in [4.69, 9.17) is 4.99 Å². The average Bonchev–Trinajstić information content (AvgIpc) is 2.73. The lowest BCUT2D eigenvalue weighted by Crippen LogP contribution is -2.53. The predicted octanol–water partition coefficient (Wildman–Crippen LogP) is 2.73. The van der Waals surface area contributed by atoms with Gasteiger partial charge < -0.3 is 21.3 Å². The van der Waals surface area contributed by atoms with Crippen LogP contribution in [0.2, 0.25) is 0 Å². The van der Waals surface area contributed by atoms with Crippen molar-refractivity contribution >= 4 is 11.9 Å². The molecular formula is C22H37N5O. The Morgan fingerprint density at radius 3 is 2.54 bits per heavy atom. The molecule has 1 amide bonds. The van der Waals surface area contributed by atoms with E-state index in [1.807, 2.05) is 0 Å². The molecule has 2 atom stereocenters. The molecule has 28 heavy (non-hydrogen) atoms. The number of amides is 1. The third-order valence-electron chi connectivity index (χ3n) is 5.67. The maximum atomic E-state index is 11.4. The van der Waals surface area contributed by atoms with Gasteiger partial charge >= 0.3 is 0 Å².